The molecule has 1 aliphatic carbocycles. The summed E-state index contributed by atoms with van der Waals surface area (Å²) in [6.07, 6.45) is 4.96. The number of carbonyl (C=O) groups excluding carboxylic acids is 1. The summed E-state index contributed by atoms with van der Waals surface area (Å²) in [6.45, 7) is 0.0857. The molecule has 1 amide bonds. The molecular weight excluding hydrogens is 338 g/mol. The Labute approximate surface area is 161 Å². The number of nitriles is 1. The zero-order valence-corrected chi connectivity index (χ0v) is 16.1. The lowest BCUT2D eigenvalue weighted by atomic mass is 9.75. The fraction of sp³-hybridized carbons (Fsp3) is 0.545. The molecule has 0 bridgehead atoms. The molecule has 3 rings (SSSR count). The monoisotopic (exact) mass is 365 g/mol. The fourth-order valence-electron chi connectivity index (χ4n) is 4.15. The van der Waals surface area contributed by atoms with Gasteiger partial charge < -0.3 is 14.9 Å². The van der Waals surface area contributed by atoms with Gasteiger partial charge in [-0.15, -0.1) is 0 Å². The standard InChI is InChI=1S/C22H27N3O2/c1-24(2)14-21(27)25-19(13-23)22(20(25)15-26)18-11-9-17(10-12-18)8-7-16-5-3-4-6-16/h9-12,16,19-20,22,26H,3-6,14-15H2,1-2H3/t19-,20-,22-/m1/s1. The second-order valence-electron chi connectivity index (χ2n) is 7.76. The first-order chi connectivity index (χ1) is 13.0. The molecule has 1 aromatic carbocycles. The van der Waals surface area contributed by atoms with Crippen molar-refractivity contribution in [1.29, 1.82) is 5.26 Å². The van der Waals surface area contributed by atoms with Gasteiger partial charge in [0.15, 0.2) is 0 Å². The molecule has 1 heterocycles. The molecule has 2 aliphatic rings. The number of carbonyl (C=O) groups is 1. The van der Waals surface area contributed by atoms with E-state index in [9.17, 15) is 15.2 Å². The van der Waals surface area contributed by atoms with Gasteiger partial charge >= 0.3 is 0 Å². The number of hydrogen-bond donors (Lipinski definition) is 1. The van der Waals surface area contributed by atoms with Crippen molar-refractivity contribution >= 4 is 5.91 Å². The Morgan fingerprint density at radius 2 is 1.93 bits per heavy atom. The van der Waals surface area contributed by atoms with Crippen LogP contribution in [-0.4, -0.2) is 60.1 Å². The van der Waals surface area contributed by atoms with E-state index in [-0.39, 0.29) is 31.0 Å². The average molecular weight is 365 g/mol. The maximum Gasteiger partial charge on any atom is 0.238 e. The van der Waals surface area contributed by atoms with Gasteiger partial charge in [0.05, 0.1) is 25.3 Å². The number of hydrogen-bond acceptors (Lipinski definition) is 4. The van der Waals surface area contributed by atoms with Crippen LogP contribution < -0.4 is 0 Å². The van der Waals surface area contributed by atoms with Crippen molar-refractivity contribution in [1.82, 2.24) is 9.80 Å². The molecule has 27 heavy (non-hydrogen) atoms. The van der Waals surface area contributed by atoms with Crippen LogP contribution in [0.3, 0.4) is 0 Å². The van der Waals surface area contributed by atoms with Gasteiger partial charge in [-0.25, -0.2) is 0 Å². The van der Waals surface area contributed by atoms with E-state index in [1.807, 2.05) is 38.4 Å². The van der Waals surface area contributed by atoms with Gasteiger partial charge in [0.25, 0.3) is 0 Å². The first kappa shape index (κ1) is 19.4. The number of rotatable bonds is 4. The molecular formula is C22H27N3O2. The summed E-state index contributed by atoms with van der Waals surface area (Å²) in [6, 6.07) is 9.26. The Morgan fingerprint density at radius 3 is 2.48 bits per heavy atom. The lowest BCUT2D eigenvalue weighted by Crippen LogP contribution is -2.66. The molecule has 1 saturated heterocycles. The van der Waals surface area contributed by atoms with E-state index in [1.165, 1.54) is 30.6 Å². The highest BCUT2D eigenvalue weighted by molar-refractivity contribution is 5.81. The van der Waals surface area contributed by atoms with Crippen molar-refractivity contribution < 1.29 is 9.90 Å². The number of nitrogens with zero attached hydrogens (tertiary/aromatic N) is 3. The fourth-order valence-corrected chi connectivity index (χ4v) is 4.15. The van der Waals surface area contributed by atoms with Gasteiger partial charge in [-0.2, -0.15) is 5.26 Å². The summed E-state index contributed by atoms with van der Waals surface area (Å²) in [5, 5.41) is 19.4. The van der Waals surface area contributed by atoms with Crippen LogP contribution in [0.1, 0.15) is 42.7 Å². The zero-order chi connectivity index (χ0) is 19.4. The van der Waals surface area contributed by atoms with Crippen LogP contribution in [0.25, 0.3) is 0 Å². The SMILES string of the molecule is CN(C)CC(=O)N1[C@H](C#N)[C@@H](c2ccc(C#CC3CCCC3)cc2)[C@H]1CO. The highest BCUT2D eigenvalue weighted by Gasteiger charge is 2.51. The molecule has 1 saturated carbocycles. The Kier molecular flexibility index (Phi) is 6.16. The molecule has 1 aliphatic heterocycles. The average Bonchev–Trinajstić information content (AvgIpc) is 3.14. The number of likely N-dealkylation sites (tertiary alicyclic amines) is 1. The van der Waals surface area contributed by atoms with E-state index in [4.69, 9.17) is 0 Å². The Bertz CT molecular complexity index is 763. The smallest absolute Gasteiger partial charge is 0.238 e. The predicted octanol–water partition coefficient (Wildman–Crippen LogP) is 1.97. The lowest BCUT2D eigenvalue weighted by Gasteiger charge is -2.51. The maximum atomic E-state index is 12.4. The van der Waals surface area contributed by atoms with E-state index >= 15 is 0 Å². The van der Waals surface area contributed by atoms with Crippen molar-refractivity contribution in [2.24, 2.45) is 5.92 Å². The molecule has 3 atom stereocenters. The minimum Gasteiger partial charge on any atom is -0.394 e. The first-order valence-corrected chi connectivity index (χ1v) is 9.63. The second-order valence-corrected chi connectivity index (χ2v) is 7.76. The summed E-state index contributed by atoms with van der Waals surface area (Å²) in [4.78, 5) is 15.7. The molecule has 5 nitrogen and oxygen atoms in total. The third-order valence-electron chi connectivity index (χ3n) is 5.54. The Balaban J connectivity index is 1.73. The molecule has 142 valence electrons. The summed E-state index contributed by atoms with van der Waals surface area (Å²) < 4.78 is 0. The zero-order valence-electron chi connectivity index (χ0n) is 16.1. The largest absolute Gasteiger partial charge is 0.394 e. The van der Waals surface area contributed by atoms with Gasteiger partial charge in [0, 0.05) is 17.4 Å². The Morgan fingerprint density at radius 1 is 1.26 bits per heavy atom. The minimum atomic E-state index is -0.537. The number of aliphatic hydroxyl groups is 1. The van der Waals surface area contributed by atoms with Gasteiger partial charge in [0.1, 0.15) is 6.04 Å². The van der Waals surface area contributed by atoms with Crippen molar-refractivity contribution in [3.63, 3.8) is 0 Å². The number of amides is 1. The van der Waals surface area contributed by atoms with Crippen molar-refractivity contribution in [2.45, 2.75) is 43.7 Å². The third kappa shape index (κ3) is 4.16. The molecule has 0 aromatic heterocycles. The molecule has 0 unspecified atom stereocenters. The number of benzene rings is 1. The van der Waals surface area contributed by atoms with E-state index in [0.29, 0.717) is 5.92 Å². The van der Waals surface area contributed by atoms with Crippen molar-refractivity contribution in [2.75, 3.05) is 27.2 Å². The molecule has 0 spiro atoms. The normalized spacial score (nSPS) is 24.9. The van der Waals surface area contributed by atoms with E-state index in [2.05, 4.69) is 17.9 Å². The van der Waals surface area contributed by atoms with Crippen molar-refractivity contribution in [3.05, 3.63) is 35.4 Å². The summed E-state index contributed by atoms with van der Waals surface area (Å²) in [5.74, 6) is 6.84. The molecule has 1 aromatic rings. The molecule has 1 N–H and O–H groups in total. The van der Waals surface area contributed by atoms with Gasteiger partial charge in [-0.05, 0) is 44.6 Å². The van der Waals surface area contributed by atoms with Gasteiger partial charge in [0.2, 0.25) is 5.91 Å². The molecule has 0 radical (unpaired) electrons. The van der Waals surface area contributed by atoms with E-state index in [0.717, 1.165) is 11.1 Å². The van der Waals surface area contributed by atoms with Crippen LogP contribution in [0.15, 0.2) is 24.3 Å². The van der Waals surface area contributed by atoms with E-state index in [1.54, 1.807) is 4.90 Å². The van der Waals surface area contributed by atoms with Gasteiger partial charge in [-0.1, -0.05) is 36.8 Å². The quantitative estimate of drug-likeness (QED) is 0.829. The van der Waals surface area contributed by atoms with Crippen molar-refractivity contribution in [3.8, 4) is 17.9 Å². The minimum absolute atomic E-state index is 0.124. The number of aliphatic hydroxyl groups excluding tert-OH is 1. The van der Waals surface area contributed by atoms with E-state index < -0.39 is 6.04 Å². The second kappa shape index (κ2) is 8.57. The summed E-state index contributed by atoms with van der Waals surface area (Å²) in [7, 11) is 3.63. The maximum absolute atomic E-state index is 12.4. The highest BCUT2D eigenvalue weighted by atomic mass is 16.3. The number of likely N-dealkylation sites (N-methyl/N-ethyl adjacent to an activating group) is 1. The summed E-state index contributed by atoms with van der Waals surface area (Å²) >= 11 is 0. The third-order valence-corrected chi connectivity index (χ3v) is 5.54. The van der Waals surface area contributed by atoms with Crippen LogP contribution >= 0.6 is 0 Å². The predicted molar refractivity (Wildman–Crippen MR) is 104 cm³/mol. The van der Waals surface area contributed by atoms with Crippen LogP contribution in [0, 0.1) is 29.1 Å². The Hall–Kier alpha value is -2.34. The topological polar surface area (TPSA) is 67.6 Å². The van der Waals surface area contributed by atoms with Crippen LogP contribution in [0.5, 0.6) is 0 Å². The van der Waals surface area contributed by atoms with Gasteiger partial charge in [-0.3, -0.25) is 4.79 Å². The van der Waals surface area contributed by atoms with Crippen LogP contribution in [0.4, 0.5) is 0 Å². The van der Waals surface area contributed by atoms with Crippen LogP contribution in [-0.2, 0) is 4.79 Å². The highest BCUT2D eigenvalue weighted by Crippen LogP contribution is 2.40. The summed E-state index contributed by atoms with van der Waals surface area (Å²) in [5.41, 5.74) is 1.94. The molecule has 5 heteroatoms. The molecule has 2 fully saturated rings. The first-order valence-electron chi connectivity index (χ1n) is 9.63. The lowest BCUT2D eigenvalue weighted by molar-refractivity contribution is -0.147. The van der Waals surface area contributed by atoms with Crippen LogP contribution in [0.2, 0.25) is 0 Å².